The molecule has 0 unspecified atom stereocenters. The summed E-state index contributed by atoms with van der Waals surface area (Å²) in [5.41, 5.74) is 0. The summed E-state index contributed by atoms with van der Waals surface area (Å²) in [6, 6.07) is 9.40. The Hall–Kier alpha value is -2.45. The second-order valence-corrected chi connectivity index (χ2v) is 7.91. The largest absolute Gasteiger partial charge is 0.451 e. The van der Waals surface area contributed by atoms with E-state index in [2.05, 4.69) is 10.6 Å². The zero-order chi connectivity index (χ0) is 17.4. The summed E-state index contributed by atoms with van der Waals surface area (Å²) in [6.07, 6.45) is 1.86. The minimum atomic E-state index is -0.643. The fourth-order valence-corrected chi connectivity index (χ4v) is 4.83. The van der Waals surface area contributed by atoms with Crippen LogP contribution in [-0.4, -0.2) is 30.6 Å². The first-order valence-corrected chi connectivity index (χ1v) is 9.42. The van der Waals surface area contributed by atoms with Gasteiger partial charge in [0.15, 0.2) is 6.61 Å². The van der Waals surface area contributed by atoms with Crippen molar-refractivity contribution in [3.8, 4) is 0 Å². The molecule has 2 heterocycles. The van der Waals surface area contributed by atoms with E-state index in [1.165, 1.54) is 16.0 Å². The van der Waals surface area contributed by atoms with Gasteiger partial charge in [-0.3, -0.25) is 10.1 Å². The van der Waals surface area contributed by atoms with Crippen LogP contribution in [0.15, 0.2) is 30.3 Å². The number of nitrogens with one attached hydrogen (secondary N) is 2. The summed E-state index contributed by atoms with van der Waals surface area (Å²) < 4.78 is 8.24. The Morgan fingerprint density at radius 3 is 2.72 bits per heavy atom. The third kappa shape index (κ3) is 3.49. The number of carbonyl (C=O) groups is 3. The number of fused-ring (bicyclic) bond motifs is 3. The van der Waals surface area contributed by atoms with Crippen molar-refractivity contribution in [2.24, 2.45) is 0 Å². The molecule has 8 heteroatoms. The number of rotatable bonds is 4. The molecule has 1 saturated carbocycles. The Balaban J connectivity index is 1.38. The minimum absolute atomic E-state index is 0.157. The molecule has 0 bridgehead atoms. The highest BCUT2D eigenvalue weighted by Gasteiger charge is 2.24. The van der Waals surface area contributed by atoms with Crippen LogP contribution >= 0.6 is 22.7 Å². The molecule has 1 aliphatic rings. The highest BCUT2D eigenvalue weighted by Crippen LogP contribution is 2.39. The zero-order valence-corrected chi connectivity index (χ0v) is 14.7. The quantitative estimate of drug-likeness (QED) is 0.687. The Kier molecular flexibility index (Phi) is 4.14. The Bertz CT molecular complexity index is 987. The number of ether oxygens (including phenoxy) is 1. The highest BCUT2D eigenvalue weighted by atomic mass is 32.1. The van der Waals surface area contributed by atoms with Gasteiger partial charge in [-0.25, -0.2) is 9.59 Å². The lowest BCUT2D eigenvalue weighted by Crippen LogP contribution is -2.42. The second-order valence-electron chi connectivity index (χ2n) is 5.77. The Labute approximate surface area is 150 Å². The lowest BCUT2D eigenvalue weighted by atomic mass is 10.2. The molecule has 0 spiro atoms. The number of hydrogen-bond donors (Lipinski definition) is 2. The molecule has 3 amide bonds. The molecule has 1 aliphatic carbocycles. The van der Waals surface area contributed by atoms with Gasteiger partial charge < -0.3 is 10.1 Å². The Morgan fingerprint density at radius 1 is 1.12 bits per heavy atom. The van der Waals surface area contributed by atoms with Crippen molar-refractivity contribution < 1.29 is 19.1 Å². The first-order chi connectivity index (χ1) is 12.1. The van der Waals surface area contributed by atoms with Crippen molar-refractivity contribution in [1.29, 1.82) is 0 Å². The van der Waals surface area contributed by atoms with Gasteiger partial charge in [0, 0.05) is 20.8 Å². The zero-order valence-electron chi connectivity index (χ0n) is 13.0. The lowest BCUT2D eigenvalue weighted by Gasteiger charge is -2.05. The number of benzene rings is 1. The average Bonchev–Trinajstić information content (AvgIpc) is 3.18. The molecule has 0 atom stereocenters. The maximum Gasteiger partial charge on any atom is 0.348 e. The van der Waals surface area contributed by atoms with Gasteiger partial charge in [0.05, 0.1) is 4.70 Å². The van der Waals surface area contributed by atoms with E-state index in [1.807, 2.05) is 24.3 Å². The summed E-state index contributed by atoms with van der Waals surface area (Å²) in [7, 11) is 0. The van der Waals surface area contributed by atoms with E-state index in [0.29, 0.717) is 4.88 Å². The SMILES string of the molecule is O=C(COC(=O)c1cc2sc3ccccc3c2s1)NC(=O)NC1CC1. The van der Waals surface area contributed by atoms with Crippen molar-refractivity contribution in [2.45, 2.75) is 18.9 Å². The minimum Gasteiger partial charge on any atom is -0.451 e. The topological polar surface area (TPSA) is 84.5 Å². The van der Waals surface area contributed by atoms with Gasteiger partial charge in [-0.2, -0.15) is 0 Å². The molecular formula is C17H14N2O4S2. The van der Waals surface area contributed by atoms with Gasteiger partial charge >= 0.3 is 12.0 Å². The molecular weight excluding hydrogens is 360 g/mol. The van der Waals surface area contributed by atoms with E-state index in [-0.39, 0.29) is 6.04 Å². The third-order valence-corrected chi connectivity index (χ3v) is 6.15. The standard InChI is InChI=1S/C17H14N2O4S2/c20-14(19-17(22)18-9-5-6-9)8-23-16(21)13-7-12-15(25-13)10-3-1-2-4-11(10)24-12/h1-4,7,9H,5-6,8H2,(H2,18,19,20,22). The number of urea groups is 1. The fourth-order valence-electron chi connectivity index (χ4n) is 2.41. The summed E-state index contributed by atoms with van der Waals surface area (Å²) in [6.45, 7) is -0.483. The lowest BCUT2D eigenvalue weighted by molar-refractivity contribution is -0.123. The number of hydrogen-bond acceptors (Lipinski definition) is 6. The smallest absolute Gasteiger partial charge is 0.348 e. The predicted octanol–water partition coefficient (Wildman–Crippen LogP) is 3.26. The van der Waals surface area contributed by atoms with Crippen molar-refractivity contribution in [3.63, 3.8) is 0 Å². The van der Waals surface area contributed by atoms with Gasteiger partial charge in [0.25, 0.3) is 5.91 Å². The number of carbonyl (C=O) groups excluding carboxylic acids is 3. The molecule has 0 radical (unpaired) electrons. The van der Waals surface area contributed by atoms with E-state index in [9.17, 15) is 14.4 Å². The van der Waals surface area contributed by atoms with Crippen molar-refractivity contribution in [2.75, 3.05) is 6.61 Å². The van der Waals surface area contributed by atoms with Crippen LogP contribution in [0.25, 0.3) is 19.5 Å². The van der Waals surface area contributed by atoms with Crippen LogP contribution in [0.2, 0.25) is 0 Å². The van der Waals surface area contributed by atoms with E-state index >= 15 is 0 Å². The molecule has 0 aliphatic heterocycles. The number of thiophene rings is 2. The molecule has 2 N–H and O–H groups in total. The molecule has 128 valence electrons. The van der Waals surface area contributed by atoms with Crippen LogP contribution in [0.1, 0.15) is 22.5 Å². The molecule has 2 aromatic heterocycles. The molecule has 4 rings (SSSR count). The fraction of sp³-hybridized carbons (Fsp3) is 0.235. The van der Waals surface area contributed by atoms with Crippen LogP contribution in [-0.2, 0) is 9.53 Å². The number of esters is 1. The maximum atomic E-state index is 12.1. The maximum absolute atomic E-state index is 12.1. The van der Waals surface area contributed by atoms with Crippen LogP contribution < -0.4 is 10.6 Å². The van der Waals surface area contributed by atoms with Crippen LogP contribution in [0, 0.1) is 0 Å². The van der Waals surface area contributed by atoms with E-state index in [1.54, 1.807) is 17.4 Å². The number of amides is 3. The van der Waals surface area contributed by atoms with Gasteiger partial charge in [0.2, 0.25) is 0 Å². The highest BCUT2D eigenvalue weighted by molar-refractivity contribution is 7.33. The monoisotopic (exact) mass is 374 g/mol. The molecule has 3 aromatic rings. The van der Waals surface area contributed by atoms with E-state index < -0.39 is 24.5 Å². The molecule has 0 saturated heterocycles. The summed E-state index contributed by atoms with van der Waals surface area (Å²) in [4.78, 5) is 35.7. The van der Waals surface area contributed by atoms with E-state index in [4.69, 9.17) is 4.74 Å². The second kappa shape index (κ2) is 6.45. The first-order valence-electron chi connectivity index (χ1n) is 7.79. The molecule has 1 aromatic carbocycles. The summed E-state index contributed by atoms with van der Waals surface area (Å²) >= 11 is 2.96. The van der Waals surface area contributed by atoms with Crippen molar-refractivity contribution in [3.05, 3.63) is 35.2 Å². The van der Waals surface area contributed by atoms with E-state index in [0.717, 1.165) is 27.6 Å². The molecule has 25 heavy (non-hydrogen) atoms. The first kappa shape index (κ1) is 16.0. The summed E-state index contributed by atoms with van der Waals surface area (Å²) in [5.74, 6) is -1.20. The van der Waals surface area contributed by atoms with Crippen molar-refractivity contribution >= 4 is 60.1 Å². The van der Waals surface area contributed by atoms with Crippen LogP contribution in [0.4, 0.5) is 4.79 Å². The molecule has 1 fully saturated rings. The third-order valence-electron chi connectivity index (χ3n) is 3.75. The van der Waals surface area contributed by atoms with Gasteiger partial charge in [-0.05, 0) is 25.0 Å². The van der Waals surface area contributed by atoms with Gasteiger partial charge in [-0.15, -0.1) is 22.7 Å². The average molecular weight is 374 g/mol. The predicted molar refractivity (Wildman–Crippen MR) is 97.2 cm³/mol. The van der Waals surface area contributed by atoms with Crippen LogP contribution in [0.3, 0.4) is 0 Å². The van der Waals surface area contributed by atoms with Crippen LogP contribution in [0.5, 0.6) is 0 Å². The Morgan fingerprint density at radius 2 is 1.92 bits per heavy atom. The normalized spacial score (nSPS) is 13.8. The van der Waals surface area contributed by atoms with Gasteiger partial charge in [-0.1, -0.05) is 18.2 Å². The van der Waals surface area contributed by atoms with Gasteiger partial charge in [0.1, 0.15) is 4.88 Å². The van der Waals surface area contributed by atoms with Crippen molar-refractivity contribution in [1.82, 2.24) is 10.6 Å². The molecule has 6 nitrogen and oxygen atoms in total. The summed E-state index contributed by atoms with van der Waals surface area (Å²) in [5, 5.41) is 5.88. The number of imide groups is 1.